The minimum Gasteiger partial charge on any atom is -0.398 e. The Hall–Kier alpha value is -0.680. The van der Waals surface area contributed by atoms with Crippen LogP contribution < -0.4 is 5.73 Å². The summed E-state index contributed by atoms with van der Waals surface area (Å²) in [5.41, 5.74) is 6.36. The number of nitrogens with two attached hydrogens (primary N) is 1. The Morgan fingerprint density at radius 1 is 1.38 bits per heavy atom. The molecule has 1 aromatic carbocycles. The number of hydrogen-bond acceptors (Lipinski definition) is 4. The van der Waals surface area contributed by atoms with Crippen LogP contribution >= 0.6 is 11.8 Å². The van der Waals surface area contributed by atoms with E-state index in [-0.39, 0.29) is 4.90 Å². The molecule has 3 nitrogen and oxygen atoms in total. The first-order valence-electron chi connectivity index (χ1n) is 5.17. The summed E-state index contributed by atoms with van der Waals surface area (Å²) in [5.74, 6) is 1.01. The van der Waals surface area contributed by atoms with Gasteiger partial charge in [0.25, 0.3) is 0 Å². The molecule has 1 aromatic rings. The molecule has 0 unspecified atom stereocenters. The molecule has 0 radical (unpaired) electrons. The number of nitrogen functional groups attached to an aromatic ring is 1. The average Bonchev–Trinajstić information content (AvgIpc) is 2.19. The van der Waals surface area contributed by atoms with Crippen LogP contribution in [0, 0.1) is 0 Å². The zero-order chi connectivity index (χ0) is 12.2. The van der Waals surface area contributed by atoms with Gasteiger partial charge in [-0.15, -0.1) is 11.8 Å². The van der Waals surface area contributed by atoms with E-state index in [1.807, 2.05) is 0 Å². The van der Waals surface area contributed by atoms with Gasteiger partial charge in [-0.05, 0) is 30.4 Å². The van der Waals surface area contributed by atoms with Gasteiger partial charge in [-0.2, -0.15) is 0 Å². The van der Waals surface area contributed by atoms with E-state index in [0.29, 0.717) is 5.69 Å². The van der Waals surface area contributed by atoms with Gasteiger partial charge in [-0.3, -0.25) is 0 Å². The van der Waals surface area contributed by atoms with E-state index in [1.165, 1.54) is 12.3 Å². The number of anilines is 1. The minimum absolute atomic E-state index is 0.282. The van der Waals surface area contributed by atoms with E-state index in [1.54, 1.807) is 23.9 Å². The first-order valence-corrected chi connectivity index (χ1v) is 8.05. The van der Waals surface area contributed by atoms with Crippen LogP contribution in [-0.2, 0) is 9.84 Å². The normalized spacial score (nSPS) is 11.6. The van der Waals surface area contributed by atoms with Crippen LogP contribution in [0.25, 0.3) is 0 Å². The molecule has 0 aromatic heterocycles. The summed E-state index contributed by atoms with van der Waals surface area (Å²) in [6.45, 7) is 2.14. The van der Waals surface area contributed by atoms with Crippen LogP contribution in [0.4, 0.5) is 5.69 Å². The SMILES string of the molecule is CCCCSc1ccc(S(C)(=O)=O)cc1N. The second-order valence-electron chi connectivity index (χ2n) is 3.67. The van der Waals surface area contributed by atoms with Crippen LogP contribution in [-0.4, -0.2) is 20.4 Å². The smallest absolute Gasteiger partial charge is 0.175 e. The van der Waals surface area contributed by atoms with Gasteiger partial charge in [-0.25, -0.2) is 8.42 Å². The van der Waals surface area contributed by atoms with Crippen LogP contribution in [0.5, 0.6) is 0 Å². The molecule has 0 aliphatic carbocycles. The Bertz CT molecular complexity index is 455. The number of unbranched alkanes of at least 4 members (excludes halogenated alkanes) is 1. The Balaban J connectivity index is 2.84. The zero-order valence-corrected chi connectivity index (χ0v) is 11.2. The highest BCUT2D eigenvalue weighted by Gasteiger charge is 2.09. The summed E-state index contributed by atoms with van der Waals surface area (Å²) in [4.78, 5) is 1.24. The van der Waals surface area contributed by atoms with Crippen molar-refractivity contribution in [3.63, 3.8) is 0 Å². The summed E-state index contributed by atoms with van der Waals surface area (Å²) < 4.78 is 22.6. The first-order chi connectivity index (χ1) is 7.45. The van der Waals surface area contributed by atoms with Gasteiger partial charge in [-0.1, -0.05) is 13.3 Å². The summed E-state index contributed by atoms with van der Waals surface area (Å²) in [6.07, 6.45) is 3.47. The van der Waals surface area contributed by atoms with Crippen molar-refractivity contribution in [1.82, 2.24) is 0 Å². The molecule has 0 spiro atoms. The molecule has 90 valence electrons. The van der Waals surface area contributed by atoms with Gasteiger partial charge in [0.2, 0.25) is 0 Å². The van der Waals surface area contributed by atoms with E-state index in [4.69, 9.17) is 5.73 Å². The third kappa shape index (κ3) is 3.72. The highest BCUT2D eigenvalue weighted by atomic mass is 32.2. The van der Waals surface area contributed by atoms with Crippen LogP contribution in [0.2, 0.25) is 0 Å². The first kappa shape index (κ1) is 13.4. The number of rotatable bonds is 5. The van der Waals surface area contributed by atoms with Crippen molar-refractivity contribution in [2.45, 2.75) is 29.6 Å². The molecule has 5 heteroatoms. The van der Waals surface area contributed by atoms with Gasteiger partial charge in [0, 0.05) is 16.8 Å². The van der Waals surface area contributed by atoms with Crippen molar-refractivity contribution in [2.24, 2.45) is 0 Å². The minimum atomic E-state index is -3.16. The van der Waals surface area contributed by atoms with Gasteiger partial charge in [0.1, 0.15) is 0 Å². The number of thioether (sulfide) groups is 1. The predicted molar refractivity (Wildman–Crippen MR) is 69.6 cm³/mol. The second kappa shape index (κ2) is 5.59. The molecule has 0 aliphatic rings. The number of sulfone groups is 1. The molecule has 0 amide bonds. The maximum Gasteiger partial charge on any atom is 0.175 e. The fourth-order valence-electron chi connectivity index (χ4n) is 1.22. The standard InChI is InChI=1S/C11H17NO2S2/c1-3-4-7-15-11-6-5-9(8-10(11)12)16(2,13)14/h5-6,8H,3-4,7,12H2,1-2H3. The third-order valence-corrected chi connectivity index (χ3v) is 4.45. The van der Waals surface area contributed by atoms with Crippen molar-refractivity contribution in [3.8, 4) is 0 Å². The van der Waals surface area contributed by atoms with Crippen LogP contribution in [0.1, 0.15) is 19.8 Å². The lowest BCUT2D eigenvalue weighted by Gasteiger charge is -2.06. The molecule has 0 fully saturated rings. The van der Waals surface area contributed by atoms with Gasteiger partial charge >= 0.3 is 0 Å². The second-order valence-corrected chi connectivity index (χ2v) is 6.83. The van der Waals surface area contributed by atoms with Crippen molar-refractivity contribution in [1.29, 1.82) is 0 Å². The lowest BCUT2D eigenvalue weighted by molar-refractivity contribution is 0.602. The molecule has 0 atom stereocenters. The van der Waals surface area contributed by atoms with Crippen molar-refractivity contribution < 1.29 is 8.42 Å². The molecule has 0 aliphatic heterocycles. The van der Waals surface area contributed by atoms with Gasteiger partial charge in [0.05, 0.1) is 4.90 Å². The summed E-state index contributed by atoms with van der Waals surface area (Å²) in [5, 5.41) is 0. The molecule has 1 rings (SSSR count). The quantitative estimate of drug-likeness (QED) is 0.501. The fourth-order valence-corrected chi connectivity index (χ4v) is 2.91. The van der Waals surface area contributed by atoms with Crippen LogP contribution in [0.3, 0.4) is 0 Å². The Morgan fingerprint density at radius 3 is 2.56 bits per heavy atom. The predicted octanol–water partition coefficient (Wildman–Crippen LogP) is 2.56. The summed E-state index contributed by atoms with van der Waals surface area (Å²) >= 11 is 1.67. The molecule has 0 bridgehead atoms. The van der Waals surface area contributed by atoms with Crippen molar-refractivity contribution in [2.75, 3.05) is 17.7 Å². The molecular weight excluding hydrogens is 242 g/mol. The van der Waals surface area contributed by atoms with E-state index < -0.39 is 9.84 Å². The van der Waals surface area contributed by atoms with E-state index >= 15 is 0 Å². The molecule has 2 N–H and O–H groups in total. The van der Waals surface area contributed by atoms with E-state index in [2.05, 4.69) is 6.92 Å². The van der Waals surface area contributed by atoms with Gasteiger partial charge < -0.3 is 5.73 Å². The van der Waals surface area contributed by atoms with E-state index in [0.717, 1.165) is 23.5 Å². The maximum absolute atomic E-state index is 11.3. The Kier molecular flexibility index (Phi) is 4.68. The number of hydrogen-bond donors (Lipinski definition) is 1. The zero-order valence-electron chi connectivity index (χ0n) is 9.56. The summed E-state index contributed by atoms with van der Waals surface area (Å²) in [7, 11) is -3.16. The Labute approximate surface area is 101 Å². The highest BCUT2D eigenvalue weighted by Crippen LogP contribution is 2.28. The molecule has 0 saturated heterocycles. The molecular formula is C11H17NO2S2. The number of benzene rings is 1. The fraction of sp³-hybridized carbons (Fsp3) is 0.455. The Morgan fingerprint density at radius 2 is 2.06 bits per heavy atom. The molecule has 16 heavy (non-hydrogen) atoms. The molecule has 0 heterocycles. The molecule has 0 saturated carbocycles. The summed E-state index contributed by atoms with van der Waals surface area (Å²) in [6, 6.07) is 4.93. The van der Waals surface area contributed by atoms with E-state index in [9.17, 15) is 8.42 Å². The monoisotopic (exact) mass is 259 g/mol. The van der Waals surface area contributed by atoms with Crippen LogP contribution in [0.15, 0.2) is 28.0 Å². The van der Waals surface area contributed by atoms with Crippen molar-refractivity contribution >= 4 is 27.3 Å². The third-order valence-electron chi connectivity index (χ3n) is 2.16. The highest BCUT2D eigenvalue weighted by molar-refractivity contribution is 7.99. The lowest BCUT2D eigenvalue weighted by atomic mass is 10.3. The topological polar surface area (TPSA) is 60.2 Å². The average molecular weight is 259 g/mol. The maximum atomic E-state index is 11.3. The lowest BCUT2D eigenvalue weighted by Crippen LogP contribution is -1.99. The largest absolute Gasteiger partial charge is 0.398 e. The van der Waals surface area contributed by atoms with Gasteiger partial charge in [0.15, 0.2) is 9.84 Å². The van der Waals surface area contributed by atoms with Crippen molar-refractivity contribution in [3.05, 3.63) is 18.2 Å².